The van der Waals surface area contributed by atoms with Crippen LogP contribution in [0.25, 0.3) is 11.2 Å². The minimum Gasteiger partial charge on any atom is -0.379 e. The van der Waals surface area contributed by atoms with Crippen molar-refractivity contribution < 1.29 is 9.53 Å². The Morgan fingerprint density at radius 2 is 1.83 bits per heavy atom. The Balaban J connectivity index is 1.26. The van der Waals surface area contributed by atoms with Gasteiger partial charge in [-0.3, -0.25) is 19.1 Å². The lowest BCUT2D eigenvalue weighted by atomic mass is 9.96. The number of fused-ring (bicyclic) bond motifs is 1. The highest BCUT2D eigenvalue weighted by Crippen LogP contribution is 2.22. The first-order valence-corrected chi connectivity index (χ1v) is 12.8. The number of nitrogens with one attached hydrogen (secondary N) is 1. The van der Waals surface area contributed by atoms with Gasteiger partial charge in [0.25, 0.3) is 5.56 Å². The second-order valence-corrected chi connectivity index (χ2v) is 9.66. The molecule has 0 unspecified atom stereocenters. The van der Waals surface area contributed by atoms with Crippen LogP contribution in [0.1, 0.15) is 24.0 Å². The summed E-state index contributed by atoms with van der Waals surface area (Å²) in [5, 5.41) is 3.10. The van der Waals surface area contributed by atoms with Gasteiger partial charge in [-0.15, -0.1) is 0 Å². The fourth-order valence-electron chi connectivity index (χ4n) is 4.95. The van der Waals surface area contributed by atoms with Crippen molar-refractivity contribution in [1.29, 1.82) is 0 Å². The Kier molecular flexibility index (Phi) is 7.58. The molecule has 3 aromatic rings. The van der Waals surface area contributed by atoms with Crippen molar-refractivity contribution in [3.63, 3.8) is 0 Å². The van der Waals surface area contributed by atoms with Crippen LogP contribution in [0.15, 0.2) is 47.4 Å². The molecule has 2 saturated heterocycles. The molecule has 1 amide bonds. The van der Waals surface area contributed by atoms with Gasteiger partial charge in [-0.2, -0.15) is 0 Å². The van der Waals surface area contributed by atoms with E-state index in [-0.39, 0.29) is 17.4 Å². The molecule has 0 saturated carbocycles. The van der Waals surface area contributed by atoms with Crippen LogP contribution < -0.4 is 15.8 Å². The Morgan fingerprint density at radius 1 is 1.08 bits per heavy atom. The summed E-state index contributed by atoms with van der Waals surface area (Å²) in [6.45, 7) is 8.60. The van der Waals surface area contributed by atoms with Crippen molar-refractivity contribution in [1.82, 2.24) is 24.8 Å². The summed E-state index contributed by atoms with van der Waals surface area (Å²) in [6, 6.07) is 11.9. The van der Waals surface area contributed by atoms with Gasteiger partial charge in [-0.05, 0) is 37.5 Å². The molecule has 0 aliphatic carbocycles. The molecule has 36 heavy (non-hydrogen) atoms. The Labute approximate surface area is 211 Å². The second kappa shape index (κ2) is 11.2. The molecule has 2 aliphatic rings. The predicted octanol–water partition coefficient (Wildman–Crippen LogP) is 1.81. The molecule has 9 heteroatoms. The molecule has 5 rings (SSSR count). The summed E-state index contributed by atoms with van der Waals surface area (Å²) in [7, 11) is 0. The van der Waals surface area contributed by atoms with Crippen molar-refractivity contribution in [3.8, 4) is 0 Å². The molecule has 0 radical (unpaired) electrons. The van der Waals surface area contributed by atoms with Gasteiger partial charge >= 0.3 is 0 Å². The number of amides is 1. The largest absolute Gasteiger partial charge is 0.379 e. The fraction of sp³-hybridized carbons (Fsp3) is 0.481. The van der Waals surface area contributed by atoms with Gasteiger partial charge < -0.3 is 15.0 Å². The van der Waals surface area contributed by atoms with E-state index in [4.69, 9.17) is 9.72 Å². The van der Waals surface area contributed by atoms with Crippen LogP contribution in [0.2, 0.25) is 0 Å². The summed E-state index contributed by atoms with van der Waals surface area (Å²) in [4.78, 5) is 39.8. The average Bonchev–Trinajstić information content (AvgIpc) is 2.92. The van der Waals surface area contributed by atoms with Gasteiger partial charge in [-0.1, -0.05) is 29.8 Å². The predicted molar refractivity (Wildman–Crippen MR) is 139 cm³/mol. The number of aryl methyl sites for hydroxylation is 1. The maximum atomic E-state index is 13.6. The van der Waals surface area contributed by atoms with Crippen LogP contribution in [0.5, 0.6) is 0 Å². The number of rotatable bonds is 7. The lowest BCUT2D eigenvalue weighted by Crippen LogP contribution is -2.45. The number of carbonyl (C=O) groups is 1. The molecule has 2 aliphatic heterocycles. The summed E-state index contributed by atoms with van der Waals surface area (Å²) in [5.41, 5.74) is 3.36. The molecule has 1 N–H and O–H groups in total. The number of pyridine rings is 1. The average molecular weight is 491 g/mol. The minimum absolute atomic E-state index is 0.0390. The highest BCUT2D eigenvalue weighted by Gasteiger charge is 2.28. The zero-order valence-electron chi connectivity index (χ0n) is 20.9. The number of hydrogen-bond acceptors (Lipinski definition) is 7. The van der Waals surface area contributed by atoms with Crippen LogP contribution in [0.3, 0.4) is 0 Å². The summed E-state index contributed by atoms with van der Waals surface area (Å²) >= 11 is 0. The van der Waals surface area contributed by atoms with E-state index in [0.717, 1.165) is 38.4 Å². The summed E-state index contributed by atoms with van der Waals surface area (Å²) in [6.07, 6.45) is 3.10. The number of piperidine rings is 1. The normalized spacial score (nSPS) is 17.4. The number of morpholine rings is 1. The smallest absolute Gasteiger partial charge is 0.295 e. The van der Waals surface area contributed by atoms with E-state index in [1.54, 1.807) is 10.8 Å². The van der Waals surface area contributed by atoms with Crippen LogP contribution in [-0.4, -0.2) is 77.8 Å². The third-order valence-electron chi connectivity index (χ3n) is 7.14. The molecular formula is C27H34N6O3. The zero-order valence-corrected chi connectivity index (χ0v) is 20.9. The summed E-state index contributed by atoms with van der Waals surface area (Å²) < 4.78 is 7.09. The van der Waals surface area contributed by atoms with Gasteiger partial charge in [0, 0.05) is 51.4 Å². The monoisotopic (exact) mass is 490 g/mol. The Bertz CT molecular complexity index is 1240. The number of nitrogens with zero attached hydrogens (tertiary/aromatic N) is 5. The first kappa shape index (κ1) is 24.4. The molecule has 0 spiro atoms. The number of aromatic nitrogens is 3. The molecule has 1 aromatic carbocycles. The van der Waals surface area contributed by atoms with E-state index < -0.39 is 0 Å². The van der Waals surface area contributed by atoms with Gasteiger partial charge in [0.05, 0.1) is 19.8 Å². The Morgan fingerprint density at radius 3 is 2.58 bits per heavy atom. The van der Waals surface area contributed by atoms with Gasteiger partial charge in [0.2, 0.25) is 5.91 Å². The van der Waals surface area contributed by atoms with Gasteiger partial charge in [0.1, 0.15) is 5.52 Å². The number of ether oxygens (including phenoxy) is 1. The van der Waals surface area contributed by atoms with Crippen molar-refractivity contribution in [2.75, 3.05) is 57.4 Å². The molecule has 4 heterocycles. The first-order valence-electron chi connectivity index (χ1n) is 12.8. The number of benzene rings is 1. The fourth-order valence-corrected chi connectivity index (χ4v) is 4.95. The maximum absolute atomic E-state index is 13.6. The molecule has 2 fully saturated rings. The van der Waals surface area contributed by atoms with Crippen molar-refractivity contribution in [3.05, 3.63) is 64.1 Å². The van der Waals surface area contributed by atoms with Crippen LogP contribution in [0.4, 0.5) is 5.82 Å². The van der Waals surface area contributed by atoms with E-state index in [2.05, 4.69) is 27.3 Å². The molecule has 190 valence electrons. The van der Waals surface area contributed by atoms with E-state index in [1.807, 2.05) is 36.1 Å². The Hall–Kier alpha value is -3.30. The van der Waals surface area contributed by atoms with Crippen molar-refractivity contribution in [2.45, 2.75) is 26.3 Å². The van der Waals surface area contributed by atoms with E-state index in [9.17, 15) is 9.59 Å². The highest BCUT2D eigenvalue weighted by molar-refractivity contribution is 5.79. The van der Waals surface area contributed by atoms with E-state index >= 15 is 0 Å². The number of hydrogen-bond donors (Lipinski definition) is 1. The minimum atomic E-state index is -0.143. The lowest BCUT2D eigenvalue weighted by Gasteiger charge is -2.32. The van der Waals surface area contributed by atoms with E-state index in [0.29, 0.717) is 56.0 Å². The number of carbonyl (C=O) groups excluding carboxylic acids is 1. The third kappa shape index (κ3) is 5.57. The van der Waals surface area contributed by atoms with Gasteiger partial charge in [-0.25, -0.2) is 9.97 Å². The molecule has 9 nitrogen and oxygen atoms in total. The quantitative estimate of drug-likeness (QED) is 0.540. The SMILES string of the molecule is Cc1ccc(Cn2c(=O)c(N3CCC(C(=O)NCCN4CCOCC4)CC3)nc3cccnc32)cc1. The van der Waals surface area contributed by atoms with Crippen molar-refractivity contribution in [2.24, 2.45) is 5.92 Å². The molecule has 0 atom stereocenters. The van der Waals surface area contributed by atoms with E-state index in [1.165, 1.54) is 5.56 Å². The van der Waals surface area contributed by atoms with Crippen molar-refractivity contribution >= 4 is 22.9 Å². The lowest BCUT2D eigenvalue weighted by molar-refractivity contribution is -0.125. The summed E-state index contributed by atoms with van der Waals surface area (Å²) in [5.74, 6) is 0.506. The number of anilines is 1. The van der Waals surface area contributed by atoms with Crippen LogP contribution in [0, 0.1) is 12.8 Å². The topological polar surface area (TPSA) is 92.6 Å². The van der Waals surface area contributed by atoms with Gasteiger partial charge in [0.15, 0.2) is 11.5 Å². The molecule has 2 aromatic heterocycles. The standard InChI is InChI=1S/C27H34N6O3/c1-20-4-6-21(7-5-20)19-33-24-23(3-2-10-28-24)30-25(27(33)35)32-12-8-22(9-13-32)26(34)29-11-14-31-15-17-36-18-16-31/h2-7,10,22H,8-9,11-19H2,1H3,(H,29,34). The maximum Gasteiger partial charge on any atom is 0.295 e. The third-order valence-corrected chi connectivity index (χ3v) is 7.14. The highest BCUT2D eigenvalue weighted by atomic mass is 16.5. The zero-order chi connectivity index (χ0) is 24.9. The molecule has 0 bridgehead atoms. The first-order chi connectivity index (χ1) is 17.6. The second-order valence-electron chi connectivity index (χ2n) is 9.66. The molecular weight excluding hydrogens is 456 g/mol. The van der Waals surface area contributed by atoms with Crippen LogP contribution in [-0.2, 0) is 16.1 Å². The van der Waals surface area contributed by atoms with Crippen LogP contribution >= 0.6 is 0 Å².